The van der Waals surface area contributed by atoms with E-state index >= 15 is 0 Å². The molecule has 1 fully saturated rings. The number of ether oxygens (including phenoxy) is 3. The number of aromatic nitrogens is 1. The van der Waals surface area contributed by atoms with E-state index in [2.05, 4.69) is 0 Å². The number of Topliss-reactive ketones (excluding diaryl/α,β-unsaturated/α-hetero) is 1. The Labute approximate surface area is 199 Å². The number of hydrogen-bond acceptors (Lipinski definition) is 7. The summed E-state index contributed by atoms with van der Waals surface area (Å²) in [5.41, 5.74) is 0.0275. The molecule has 0 bridgehead atoms. The van der Waals surface area contributed by atoms with Crippen LogP contribution in [0.3, 0.4) is 0 Å². The molecule has 1 aliphatic rings. The van der Waals surface area contributed by atoms with Crippen LogP contribution in [-0.2, 0) is 35.1 Å². The summed E-state index contributed by atoms with van der Waals surface area (Å²) >= 11 is -0.0564. The van der Waals surface area contributed by atoms with Gasteiger partial charge in [0.1, 0.15) is 0 Å². The summed E-state index contributed by atoms with van der Waals surface area (Å²) in [6, 6.07) is 7.61. The molecular weight excluding hydrogens is 493 g/mol. The van der Waals surface area contributed by atoms with Gasteiger partial charge in [0.15, 0.2) is 0 Å². The molecule has 180 valence electrons. The van der Waals surface area contributed by atoms with Gasteiger partial charge in [-0.15, -0.1) is 0 Å². The third-order valence-electron chi connectivity index (χ3n) is 6.20. The Morgan fingerprint density at radius 2 is 1.79 bits per heavy atom. The van der Waals surface area contributed by atoms with Gasteiger partial charge in [-0.1, -0.05) is 0 Å². The van der Waals surface area contributed by atoms with E-state index in [1.165, 1.54) is 13.8 Å². The van der Waals surface area contributed by atoms with Gasteiger partial charge in [0.25, 0.3) is 0 Å². The number of carbonyl (C=O) groups excluding carboxylic acids is 3. The van der Waals surface area contributed by atoms with Crippen molar-refractivity contribution in [1.29, 1.82) is 0 Å². The first kappa shape index (κ1) is 25.4. The van der Waals surface area contributed by atoms with E-state index in [4.69, 9.17) is 14.2 Å². The van der Waals surface area contributed by atoms with Gasteiger partial charge in [-0.2, -0.15) is 0 Å². The second-order valence-electron chi connectivity index (χ2n) is 8.65. The van der Waals surface area contributed by atoms with Gasteiger partial charge < -0.3 is 0 Å². The zero-order valence-corrected chi connectivity index (χ0v) is 21.2. The van der Waals surface area contributed by atoms with Crippen molar-refractivity contribution in [2.24, 2.45) is 11.8 Å². The first-order chi connectivity index (χ1) is 15.7. The molecule has 2 aromatic rings. The summed E-state index contributed by atoms with van der Waals surface area (Å²) in [6.07, 6.45) is -0.555. The predicted octanol–water partition coefficient (Wildman–Crippen LogP) is 2.33. The first-order valence-electron chi connectivity index (χ1n) is 11.2. The number of esters is 2. The number of rotatable bonds is 9. The Hall–Kier alpha value is -2.22. The van der Waals surface area contributed by atoms with Crippen molar-refractivity contribution in [2.75, 3.05) is 6.61 Å². The second kappa shape index (κ2) is 11.3. The van der Waals surface area contributed by atoms with Crippen molar-refractivity contribution in [3.63, 3.8) is 0 Å². The van der Waals surface area contributed by atoms with Crippen LogP contribution in [0.2, 0.25) is 0 Å². The third kappa shape index (κ3) is 6.43. The monoisotopic (exact) mass is 525 g/mol. The molecule has 33 heavy (non-hydrogen) atoms. The van der Waals surface area contributed by atoms with Crippen LogP contribution in [0.1, 0.15) is 47.0 Å². The molecule has 0 spiro atoms. The number of ketones is 1. The maximum atomic E-state index is 12.8. The van der Waals surface area contributed by atoms with Crippen LogP contribution in [0.4, 0.5) is 0 Å². The number of aryl methyl sites for hydroxylation is 1. The van der Waals surface area contributed by atoms with Gasteiger partial charge in [0, 0.05) is 6.92 Å². The van der Waals surface area contributed by atoms with E-state index in [1.807, 2.05) is 41.7 Å². The number of carbonyl (C=O) groups is 3. The molecule has 5 atom stereocenters. The Kier molecular flexibility index (Phi) is 8.68. The molecule has 2 unspecified atom stereocenters. The number of fused-ring (bicyclic) bond motifs is 1. The number of hydrogen-bond donors (Lipinski definition) is 0. The normalized spacial score (nSPS) is 25.0. The minimum absolute atomic E-state index is 0.0122. The van der Waals surface area contributed by atoms with Crippen molar-refractivity contribution in [2.45, 2.75) is 71.8 Å². The van der Waals surface area contributed by atoms with Crippen molar-refractivity contribution in [3.05, 3.63) is 34.6 Å². The van der Waals surface area contributed by atoms with Crippen molar-refractivity contribution in [1.82, 2.24) is 3.56 Å². The van der Waals surface area contributed by atoms with E-state index in [0.29, 0.717) is 19.4 Å². The number of benzene rings is 1. The van der Waals surface area contributed by atoms with Crippen molar-refractivity contribution >= 4 is 42.1 Å². The zero-order chi connectivity index (χ0) is 24.1. The van der Waals surface area contributed by atoms with E-state index in [-0.39, 0.29) is 57.0 Å². The Morgan fingerprint density at radius 3 is 2.45 bits per heavy atom. The fraction of sp³-hybridized carbons (Fsp3) is 0.583. The Balaban J connectivity index is 1.61. The van der Waals surface area contributed by atoms with Crippen molar-refractivity contribution in [3.8, 4) is 0 Å². The molecular formula is C24H31NO7Se. The molecule has 0 N–H and O–H groups in total. The van der Waals surface area contributed by atoms with Gasteiger partial charge in [-0.05, 0) is 0 Å². The first-order valence-corrected chi connectivity index (χ1v) is 12.9. The maximum absolute atomic E-state index is 12.8. The summed E-state index contributed by atoms with van der Waals surface area (Å²) < 4.78 is 19.7. The molecule has 3 rings (SSSR count). The van der Waals surface area contributed by atoms with Crippen LogP contribution in [-0.4, -0.2) is 60.9 Å². The zero-order valence-electron chi connectivity index (χ0n) is 19.4. The minimum atomic E-state index is -0.602. The summed E-state index contributed by atoms with van der Waals surface area (Å²) in [4.78, 5) is 48.2. The van der Waals surface area contributed by atoms with Crippen LogP contribution in [0.15, 0.2) is 29.1 Å². The molecule has 1 saturated heterocycles. The molecule has 0 aliphatic carbocycles. The average molecular weight is 524 g/mol. The summed E-state index contributed by atoms with van der Waals surface area (Å²) in [5.74, 6) is -0.919. The van der Waals surface area contributed by atoms with Crippen LogP contribution in [0.25, 0.3) is 9.65 Å². The molecule has 0 amide bonds. The van der Waals surface area contributed by atoms with E-state index in [1.54, 1.807) is 0 Å². The second-order valence-corrected chi connectivity index (χ2v) is 10.9. The fourth-order valence-corrected chi connectivity index (χ4v) is 6.41. The summed E-state index contributed by atoms with van der Waals surface area (Å²) in [5, 5.41) is 0.755. The summed E-state index contributed by atoms with van der Waals surface area (Å²) in [7, 11) is 0. The fourth-order valence-electron chi connectivity index (χ4n) is 4.24. The average Bonchev–Trinajstić information content (AvgIpc) is 3.08. The van der Waals surface area contributed by atoms with Crippen LogP contribution < -0.4 is 5.56 Å². The predicted molar refractivity (Wildman–Crippen MR) is 123 cm³/mol. The SMILES string of the molecule is CC(=O)OCC1O[C@@H](CC(=O)CCCn2[se]c3ccccc3c2=O)C(OC(C)=O)[C@@H](C)[C@@H]1C. The third-order valence-corrected chi connectivity index (χ3v) is 8.55. The van der Waals surface area contributed by atoms with Gasteiger partial charge >= 0.3 is 187 Å². The van der Waals surface area contributed by atoms with E-state index < -0.39 is 24.1 Å². The van der Waals surface area contributed by atoms with Gasteiger partial charge in [-0.3, -0.25) is 4.79 Å². The Bertz CT molecular complexity index is 1060. The van der Waals surface area contributed by atoms with E-state index in [9.17, 15) is 19.2 Å². The molecule has 1 aromatic heterocycles. The molecule has 9 heteroatoms. The van der Waals surface area contributed by atoms with Crippen LogP contribution >= 0.6 is 0 Å². The molecule has 1 aromatic carbocycles. The molecule has 1 aliphatic heterocycles. The Morgan fingerprint density at radius 1 is 1.06 bits per heavy atom. The van der Waals surface area contributed by atoms with Crippen LogP contribution in [0, 0.1) is 11.8 Å². The van der Waals surface area contributed by atoms with E-state index in [0.717, 1.165) is 9.65 Å². The summed E-state index contributed by atoms with van der Waals surface area (Å²) in [6.45, 7) is 7.22. The molecule has 2 heterocycles. The quantitative estimate of drug-likeness (QED) is 0.367. The topological polar surface area (TPSA) is 101 Å². The van der Waals surface area contributed by atoms with Gasteiger partial charge in [0.2, 0.25) is 0 Å². The molecule has 0 saturated carbocycles. The van der Waals surface area contributed by atoms with Crippen molar-refractivity contribution < 1.29 is 28.6 Å². The molecule has 0 radical (unpaired) electrons. The number of nitrogens with zero attached hydrogens (tertiary/aromatic N) is 1. The van der Waals surface area contributed by atoms with Crippen LogP contribution in [0.5, 0.6) is 0 Å². The van der Waals surface area contributed by atoms with Gasteiger partial charge in [-0.25, -0.2) is 0 Å². The van der Waals surface area contributed by atoms with Gasteiger partial charge in [0.05, 0.1) is 0 Å². The standard InChI is InChI=1S/C24H31NO7Se/c1-14-15(2)23(31-17(4)27)20(32-21(14)13-30-16(3)26)12-18(28)8-7-11-25-24(29)19-9-5-6-10-22(19)33-25/h5-6,9-10,14-15,20-21,23H,7-8,11-13H2,1-4H3/t14-,15-,20-,21?,23?/m0/s1. The molecule has 8 nitrogen and oxygen atoms in total.